The SMILES string of the molecule is C=CCCCC/C=C(/CCCCCCCC)C(=O)O[C@@H]1C[C@H](O)[C@H](C/C=C\CCCC(=O)OC(C)C)[C@H]1CC[C@@H](O)CCCCc1ccccc1. The van der Waals surface area contributed by atoms with E-state index in [2.05, 4.69) is 56.0 Å². The van der Waals surface area contributed by atoms with Gasteiger partial charge in [-0.15, -0.1) is 6.58 Å². The number of aliphatic hydroxyl groups is 2. The summed E-state index contributed by atoms with van der Waals surface area (Å²) in [7, 11) is 0. The molecule has 5 atom stereocenters. The summed E-state index contributed by atoms with van der Waals surface area (Å²) < 4.78 is 11.5. The van der Waals surface area contributed by atoms with Crippen LogP contribution in [0.3, 0.4) is 0 Å². The van der Waals surface area contributed by atoms with E-state index >= 15 is 0 Å². The van der Waals surface area contributed by atoms with Crippen molar-refractivity contribution in [2.45, 2.75) is 186 Å². The lowest BCUT2D eigenvalue weighted by atomic mass is 9.85. The predicted octanol–water partition coefficient (Wildman–Crippen LogP) is 10.9. The number of ether oxygens (including phenoxy) is 2. The van der Waals surface area contributed by atoms with Gasteiger partial charge < -0.3 is 19.7 Å². The zero-order valence-corrected chi connectivity index (χ0v) is 32.5. The molecule has 0 aromatic heterocycles. The normalized spacial score (nSPS) is 19.8. The second-order valence-corrected chi connectivity index (χ2v) is 15.0. The van der Waals surface area contributed by atoms with E-state index in [1.54, 1.807) is 0 Å². The fourth-order valence-corrected chi connectivity index (χ4v) is 7.26. The summed E-state index contributed by atoms with van der Waals surface area (Å²) in [6.45, 7) is 9.76. The molecule has 1 aliphatic carbocycles. The standard InChI is InChI=1S/C45H72O6/c1-5-7-9-11-13-20-29-38(28-19-12-10-8-6-2)45(49)51-43-35-42(47)40(31-21-14-15-22-32-44(48)50-36(3)4)41(43)34-33-39(46)30-24-23-27-37-25-17-16-18-26-37/h6,14,16-18,21,25-26,28,36,39-43,46-47H,2,5,7-13,15,19-20,22-24,27,29-35H2,1,3-4H3/b21-14-,38-28-/t39-,40+,41+,42-,43+/m0/s1. The fraction of sp³-hybridized carbons (Fsp3) is 0.689. The molecule has 1 saturated carbocycles. The molecule has 0 heterocycles. The first-order chi connectivity index (χ1) is 24.7. The third kappa shape index (κ3) is 20.2. The van der Waals surface area contributed by atoms with Gasteiger partial charge in [0, 0.05) is 24.3 Å². The second kappa shape index (κ2) is 27.9. The van der Waals surface area contributed by atoms with Gasteiger partial charge in [-0.2, -0.15) is 0 Å². The molecular formula is C45H72O6. The van der Waals surface area contributed by atoms with Crippen LogP contribution in [0.25, 0.3) is 0 Å². The third-order valence-electron chi connectivity index (χ3n) is 10.2. The van der Waals surface area contributed by atoms with E-state index in [1.165, 1.54) is 31.2 Å². The Morgan fingerprint density at radius 2 is 1.61 bits per heavy atom. The molecule has 0 amide bonds. The molecule has 1 fully saturated rings. The van der Waals surface area contributed by atoms with Crippen LogP contribution < -0.4 is 0 Å². The van der Waals surface area contributed by atoms with Crippen molar-refractivity contribution in [1.29, 1.82) is 0 Å². The summed E-state index contributed by atoms with van der Waals surface area (Å²) in [4.78, 5) is 25.6. The maximum absolute atomic E-state index is 13.7. The van der Waals surface area contributed by atoms with Gasteiger partial charge in [0.2, 0.25) is 0 Å². The maximum Gasteiger partial charge on any atom is 0.333 e. The number of aryl methyl sites for hydroxylation is 1. The summed E-state index contributed by atoms with van der Waals surface area (Å²) in [5, 5.41) is 22.3. The van der Waals surface area contributed by atoms with Crippen LogP contribution in [0, 0.1) is 11.8 Å². The minimum absolute atomic E-state index is 0.0310. The minimum Gasteiger partial charge on any atom is -0.463 e. The van der Waals surface area contributed by atoms with Crippen LogP contribution in [0.5, 0.6) is 0 Å². The van der Waals surface area contributed by atoms with Crippen LogP contribution >= 0.6 is 0 Å². The van der Waals surface area contributed by atoms with Crippen molar-refractivity contribution in [3.8, 4) is 0 Å². The van der Waals surface area contributed by atoms with Gasteiger partial charge in [-0.25, -0.2) is 4.79 Å². The number of unbranched alkanes of at least 4 members (excludes halogenated alkanes) is 10. The molecule has 0 saturated heterocycles. The van der Waals surface area contributed by atoms with E-state index < -0.39 is 12.2 Å². The number of carbonyl (C=O) groups excluding carboxylic acids is 2. The summed E-state index contributed by atoms with van der Waals surface area (Å²) >= 11 is 0. The molecule has 1 aliphatic rings. The number of aliphatic hydroxyl groups excluding tert-OH is 2. The molecule has 2 rings (SSSR count). The number of allylic oxidation sites excluding steroid dienone is 4. The lowest BCUT2D eigenvalue weighted by molar-refractivity contribution is -0.148. The molecule has 1 aromatic rings. The minimum atomic E-state index is -0.577. The van der Waals surface area contributed by atoms with Crippen molar-refractivity contribution in [3.05, 3.63) is 72.4 Å². The van der Waals surface area contributed by atoms with Gasteiger partial charge in [0.15, 0.2) is 0 Å². The smallest absolute Gasteiger partial charge is 0.333 e. The Kier molecular flexibility index (Phi) is 24.3. The largest absolute Gasteiger partial charge is 0.463 e. The number of benzene rings is 1. The van der Waals surface area contributed by atoms with E-state index in [9.17, 15) is 19.8 Å². The number of rotatable bonds is 29. The van der Waals surface area contributed by atoms with Crippen molar-refractivity contribution in [2.24, 2.45) is 11.8 Å². The highest BCUT2D eigenvalue weighted by atomic mass is 16.5. The summed E-state index contributed by atoms with van der Waals surface area (Å²) in [5.74, 6) is -0.494. The van der Waals surface area contributed by atoms with E-state index in [1.807, 2.05) is 26.0 Å². The van der Waals surface area contributed by atoms with Gasteiger partial charge in [-0.3, -0.25) is 4.79 Å². The predicted molar refractivity (Wildman–Crippen MR) is 210 cm³/mol. The van der Waals surface area contributed by atoms with Gasteiger partial charge in [-0.05, 0) is 115 Å². The monoisotopic (exact) mass is 709 g/mol. The summed E-state index contributed by atoms with van der Waals surface area (Å²) in [6.07, 6.45) is 26.4. The first-order valence-corrected chi connectivity index (χ1v) is 20.5. The zero-order chi connectivity index (χ0) is 37.1. The molecule has 0 bridgehead atoms. The number of hydrogen-bond acceptors (Lipinski definition) is 6. The Balaban J connectivity index is 2.04. The highest BCUT2D eigenvalue weighted by Gasteiger charge is 2.44. The number of carbonyl (C=O) groups is 2. The molecule has 0 unspecified atom stereocenters. The molecule has 0 aliphatic heterocycles. The maximum atomic E-state index is 13.7. The molecule has 0 spiro atoms. The van der Waals surface area contributed by atoms with Crippen molar-refractivity contribution < 1.29 is 29.3 Å². The van der Waals surface area contributed by atoms with Gasteiger partial charge in [0.05, 0.1) is 18.3 Å². The van der Waals surface area contributed by atoms with Gasteiger partial charge in [0.25, 0.3) is 0 Å². The van der Waals surface area contributed by atoms with Crippen molar-refractivity contribution in [1.82, 2.24) is 0 Å². The van der Waals surface area contributed by atoms with Gasteiger partial charge >= 0.3 is 11.9 Å². The van der Waals surface area contributed by atoms with E-state index in [4.69, 9.17) is 9.47 Å². The summed E-state index contributed by atoms with van der Waals surface area (Å²) in [6, 6.07) is 10.5. The molecule has 6 nitrogen and oxygen atoms in total. The fourth-order valence-electron chi connectivity index (χ4n) is 7.26. The van der Waals surface area contributed by atoms with Crippen LogP contribution in [-0.4, -0.2) is 46.6 Å². The van der Waals surface area contributed by atoms with E-state index in [0.717, 1.165) is 89.0 Å². The highest BCUT2D eigenvalue weighted by Crippen LogP contribution is 2.41. The van der Waals surface area contributed by atoms with E-state index in [-0.39, 0.29) is 36.0 Å². The van der Waals surface area contributed by atoms with Crippen LogP contribution in [0.1, 0.15) is 161 Å². The Bertz CT molecular complexity index is 1120. The van der Waals surface area contributed by atoms with Crippen molar-refractivity contribution in [3.63, 3.8) is 0 Å². The van der Waals surface area contributed by atoms with Crippen LogP contribution in [0.4, 0.5) is 0 Å². The molecule has 6 heteroatoms. The number of esters is 2. The van der Waals surface area contributed by atoms with Crippen LogP contribution in [0.15, 0.2) is 66.8 Å². The van der Waals surface area contributed by atoms with Gasteiger partial charge in [-0.1, -0.05) is 100 Å². The van der Waals surface area contributed by atoms with Crippen LogP contribution in [-0.2, 0) is 25.5 Å². The molecule has 0 radical (unpaired) electrons. The quantitative estimate of drug-likeness (QED) is 0.0372. The van der Waals surface area contributed by atoms with Crippen LogP contribution in [0.2, 0.25) is 0 Å². The van der Waals surface area contributed by atoms with Gasteiger partial charge in [0.1, 0.15) is 6.10 Å². The Labute approximate surface area is 311 Å². The molecule has 51 heavy (non-hydrogen) atoms. The Morgan fingerprint density at radius 1 is 0.863 bits per heavy atom. The van der Waals surface area contributed by atoms with Crippen molar-refractivity contribution in [2.75, 3.05) is 0 Å². The Hall–Kier alpha value is -2.70. The first-order valence-electron chi connectivity index (χ1n) is 20.5. The highest BCUT2D eigenvalue weighted by molar-refractivity contribution is 5.88. The lowest BCUT2D eigenvalue weighted by Crippen LogP contribution is -2.27. The lowest BCUT2D eigenvalue weighted by Gasteiger charge is -2.26. The zero-order valence-electron chi connectivity index (χ0n) is 32.5. The summed E-state index contributed by atoms with van der Waals surface area (Å²) in [5.41, 5.74) is 2.10. The molecule has 1 aromatic carbocycles. The van der Waals surface area contributed by atoms with E-state index in [0.29, 0.717) is 32.1 Å². The number of hydrogen-bond donors (Lipinski definition) is 2. The molecular weight excluding hydrogens is 636 g/mol. The van der Waals surface area contributed by atoms with Crippen molar-refractivity contribution >= 4 is 11.9 Å². The molecule has 288 valence electrons. The first kappa shape index (κ1) is 44.5. The second-order valence-electron chi connectivity index (χ2n) is 15.0. The average molecular weight is 709 g/mol. The third-order valence-corrected chi connectivity index (χ3v) is 10.2. The molecule has 2 N–H and O–H groups in total. The average Bonchev–Trinajstić information content (AvgIpc) is 3.40. The Morgan fingerprint density at radius 3 is 2.35 bits per heavy atom. The topological polar surface area (TPSA) is 93.1 Å².